The fraction of sp³-hybridized carbons (Fsp3) is 0. The van der Waals surface area contributed by atoms with Gasteiger partial charge in [-0.25, -0.2) is 19.2 Å². The lowest BCUT2D eigenvalue weighted by atomic mass is 10.0. The Kier molecular flexibility index (Phi) is 5.21. The Hall–Kier alpha value is -4.21. The Morgan fingerprint density at radius 1 is 0.519 bits per heavy atom. The second kappa shape index (κ2) is 7.35. The van der Waals surface area contributed by atoms with Crippen molar-refractivity contribution in [3.05, 3.63) is 64.2 Å². The molecule has 0 radical (unpaired) electrons. The summed E-state index contributed by atoms with van der Waals surface area (Å²) < 4.78 is 0. The predicted octanol–water partition coefficient (Wildman–Crippen LogP) is 1.73. The molecule has 0 fully saturated rings. The van der Waals surface area contributed by atoms with Gasteiger partial charge in [0.25, 0.3) is 5.91 Å². The first kappa shape index (κ1) is 19.1. The molecule has 0 aromatic heterocycles. The van der Waals surface area contributed by atoms with Crippen molar-refractivity contribution in [1.82, 2.24) is 0 Å². The van der Waals surface area contributed by atoms with Crippen molar-refractivity contribution < 1.29 is 44.4 Å². The van der Waals surface area contributed by atoms with Gasteiger partial charge in [-0.2, -0.15) is 0 Å². The van der Waals surface area contributed by atoms with Crippen molar-refractivity contribution in [1.29, 1.82) is 0 Å². The molecule has 0 atom stereocenters. The molecule has 138 valence electrons. The highest BCUT2D eigenvalue weighted by Crippen LogP contribution is 2.18. The summed E-state index contributed by atoms with van der Waals surface area (Å²) in [5.41, 5.74) is -2.15. The third kappa shape index (κ3) is 4.45. The van der Waals surface area contributed by atoms with Gasteiger partial charge >= 0.3 is 23.9 Å². The molecule has 0 saturated carbocycles. The van der Waals surface area contributed by atoms with E-state index in [1.165, 1.54) is 0 Å². The fourth-order valence-electron chi connectivity index (χ4n) is 2.16. The Morgan fingerprint density at radius 2 is 0.815 bits per heavy atom. The number of carbonyl (C=O) groups is 5. The number of anilines is 1. The van der Waals surface area contributed by atoms with Crippen LogP contribution in [0.2, 0.25) is 0 Å². The van der Waals surface area contributed by atoms with E-state index in [1.54, 1.807) is 0 Å². The van der Waals surface area contributed by atoms with Gasteiger partial charge in [0.2, 0.25) is 0 Å². The maximum absolute atomic E-state index is 12.3. The number of nitrogens with one attached hydrogen (secondary N) is 1. The highest BCUT2D eigenvalue weighted by atomic mass is 16.4. The van der Waals surface area contributed by atoms with E-state index < -0.39 is 52.0 Å². The minimum Gasteiger partial charge on any atom is -0.478 e. The number of rotatable bonds is 6. The molecule has 10 heteroatoms. The number of hydrogen-bond acceptors (Lipinski definition) is 5. The van der Waals surface area contributed by atoms with Crippen molar-refractivity contribution >= 4 is 35.5 Å². The topological polar surface area (TPSA) is 178 Å². The largest absolute Gasteiger partial charge is 0.478 e. The average Bonchev–Trinajstić information content (AvgIpc) is 2.60. The average molecular weight is 373 g/mol. The van der Waals surface area contributed by atoms with Crippen molar-refractivity contribution in [2.75, 3.05) is 5.32 Å². The molecule has 0 spiro atoms. The smallest absolute Gasteiger partial charge is 0.335 e. The van der Waals surface area contributed by atoms with Crippen LogP contribution in [0.25, 0.3) is 0 Å². The van der Waals surface area contributed by atoms with E-state index in [-0.39, 0.29) is 11.3 Å². The van der Waals surface area contributed by atoms with Crippen LogP contribution >= 0.6 is 0 Å². The van der Waals surface area contributed by atoms with Crippen LogP contribution in [0.15, 0.2) is 36.4 Å². The van der Waals surface area contributed by atoms with Gasteiger partial charge in [0.05, 0.1) is 22.3 Å². The van der Waals surface area contributed by atoms with E-state index in [2.05, 4.69) is 5.32 Å². The number of benzene rings is 2. The molecule has 0 bridgehead atoms. The fourth-order valence-corrected chi connectivity index (χ4v) is 2.16. The van der Waals surface area contributed by atoms with Gasteiger partial charge in [-0.05, 0) is 36.4 Å². The van der Waals surface area contributed by atoms with Crippen LogP contribution in [-0.2, 0) is 0 Å². The first-order valence-corrected chi connectivity index (χ1v) is 7.13. The summed E-state index contributed by atoms with van der Waals surface area (Å²) in [5, 5.41) is 38.3. The monoisotopic (exact) mass is 373 g/mol. The van der Waals surface area contributed by atoms with Crippen LogP contribution < -0.4 is 5.32 Å². The number of aromatic carboxylic acids is 4. The zero-order valence-electron chi connectivity index (χ0n) is 13.3. The molecule has 1 amide bonds. The molecule has 2 rings (SSSR count). The molecule has 0 aliphatic rings. The van der Waals surface area contributed by atoms with Crippen LogP contribution in [-0.4, -0.2) is 50.2 Å². The lowest BCUT2D eigenvalue weighted by Gasteiger charge is -2.09. The molecular formula is C17H11NO9. The van der Waals surface area contributed by atoms with Crippen LogP contribution in [0.4, 0.5) is 5.69 Å². The summed E-state index contributed by atoms with van der Waals surface area (Å²) in [6.45, 7) is 0. The van der Waals surface area contributed by atoms with Gasteiger partial charge in [0.15, 0.2) is 0 Å². The third-order valence-electron chi connectivity index (χ3n) is 3.37. The number of amides is 1. The molecule has 27 heavy (non-hydrogen) atoms. The second-order valence-corrected chi connectivity index (χ2v) is 5.27. The summed E-state index contributed by atoms with van der Waals surface area (Å²) >= 11 is 0. The maximum atomic E-state index is 12.3. The van der Waals surface area contributed by atoms with Gasteiger partial charge in [-0.15, -0.1) is 0 Å². The molecule has 10 nitrogen and oxygen atoms in total. The first-order valence-electron chi connectivity index (χ1n) is 7.13. The van der Waals surface area contributed by atoms with E-state index in [4.69, 9.17) is 20.4 Å². The lowest BCUT2D eigenvalue weighted by Crippen LogP contribution is -2.15. The van der Waals surface area contributed by atoms with E-state index in [0.717, 1.165) is 36.4 Å². The minimum atomic E-state index is -1.45. The zero-order valence-corrected chi connectivity index (χ0v) is 13.3. The molecule has 0 aliphatic carbocycles. The molecule has 2 aromatic carbocycles. The summed E-state index contributed by atoms with van der Waals surface area (Å²) in [5.74, 6) is -6.69. The summed E-state index contributed by atoms with van der Waals surface area (Å²) in [4.78, 5) is 56.7. The van der Waals surface area contributed by atoms with Crippen LogP contribution in [0.3, 0.4) is 0 Å². The normalized spacial score (nSPS) is 10.1. The number of hydrogen-bond donors (Lipinski definition) is 5. The van der Waals surface area contributed by atoms with Crippen molar-refractivity contribution in [2.24, 2.45) is 0 Å². The highest BCUT2D eigenvalue weighted by molar-refractivity contribution is 6.08. The van der Waals surface area contributed by atoms with E-state index in [1.807, 2.05) is 0 Å². The quantitative estimate of drug-likeness (QED) is 0.504. The predicted molar refractivity (Wildman–Crippen MR) is 88.7 cm³/mol. The first-order chi connectivity index (χ1) is 12.6. The summed E-state index contributed by atoms with van der Waals surface area (Å²) in [6, 6.07) is 5.65. The van der Waals surface area contributed by atoms with Gasteiger partial charge in [0.1, 0.15) is 0 Å². The van der Waals surface area contributed by atoms with E-state index >= 15 is 0 Å². The van der Waals surface area contributed by atoms with Gasteiger partial charge in [0, 0.05) is 11.3 Å². The molecule has 5 N–H and O–H groups in total. The maximum Gasteiger partial charge on any atom is 0.335 e. The molecule has 0 saturated heterocycles. The molecule has 0 unspecified atom stereocenters. The molecule has 0 heterocycles. The Morgan fingerprint density at radius 3 is 1.15 bits per heavy atom. The number of carboxylic acids is 4. The van der Waals surface area contributed by atoms with Crippen LogP contribution in [0.1, 0.15) is 51.8 Å². The Bertz CT molecular complexity index is 929. The van der Waals surface area contributed by atoms with Gasteiger partial charge in [-0.1, -0.05) is 0 Å². The number of carboxylic acid groups (broad SMARTS) is 4. The molecule has 0 aliphatic heterocycles. The summed E-state index contributed by atoms with van der Waals surface area (Å²) in [7, 11) is 0. The van der Waals surface area contributed by atoms with E-state index in [9.17, 15) is 24.0 Å². The minimum absolute atomic E-state index is 0.171. The van der Waals surface area contributed by atoms with Crippen molar-refractivity contribution in [3.8, 4) is 0 Å². The van der Waals surface area contributed by atoms with Crippen LogP contribution in [0.5, 0.6) is 0 Å². The second-order valence-electron chi connectivity index (χ2n) is 5.27. The molecule has 2 aromatic rings. The third-order valence-corrected chi connectivity index (χ3v) is 3.37. The summed E-state index contributed by atoms with van der Waals surface area (Å²) in [6.07, 6.45) is 0. The van der Waals surface area contributed by atoms with Crippen LogP contribution in [0, 0.1) is 0 Å². The SMILES string of the molecule is O=C(O)c1cc(NC(=O)c2cc(C(=O)O)cc(C(=O)O)c2)cc(C(=O)O)c1. The van der Waals surface area contributed by atoms with E-state index in [0.29, 0.717) is 0 Å². The molecular weight excluding hydrogens is 362 g/mol. The van der Waals surface area contributed by atoms with Crippen molar-refractivity contribution in [3.63, 3.8) is 0 Å². The lowest BCUT2D eigenvalue weighted by molar-refractivity contribution is 0.0676. The standard InChI is InChI=1S/C17H11NO9/c19-13(7-1-8(14(20)21)3-9(2-7)15(22)23)18-12-5-10(16(24)25)4-11(6-12)17(26)27/h1-6H,(H,18,19)(H,20,21)(H,22,23)(H,24,25)(H,26,27). The number of carbonyl (C=O) groups excluding carboxylic acids is 1. The zero-order chi connectivity index (χ0) is 20.3. The van der Waals surface area contributed by atoms with Gasteiger partial charge < -0.3 is 25.7 Å². The Labute approximate surface area is 150 Å². The van der Waals surface area contributed by atoms with Gasteiger partial charge in [-0.3, -0.25) is 4.79 Å². The Balaban J connectivity index is 2.45. The highest BCUT2D eigenvalue weighted by Gasteiger charge is 2.17. The van der Waals surface area contributed by atoms with Crippen molar-refractivity contribution in [2.45, 2.75) is 0 Å².